The van der Waals surface area contributed by atoms with Crippen LogP contribution >= 0.6 is 27.3 Å². The number of carbonyl (C=O) groups is 1. The molecule has 0 amide bonds. The molecule has 0 aliphatic carbocycles. The highest BCUT2D eigenvalue weighted by Gasteiger charge is 2.06. The van der Waals surface area contributed by atoms with Gasteiger partial charge < -0.3 is 5.11 Å². The van der Waals surface area contributed by atoms with E-state index in [1.165, 1.54) is 0 Å². The maximum absolute atomic E-state index is 10.6. The van der Waals surface area contributed by atoms with Gasteiger partial charge in [-0.2, -0.15) is 0 Å². The Morgan fingerprint density at radius 3 is 2.86 bits per heavy atom. The number of thiophene rings is 1. The van der Waals surface area contributed by atoms with Gasteiger partial charge in [0.25, 0.3) is 0 Å². The minimum Gasteiger partial charge on any atom is -0.392 e. The zero-order valence-electron chi connectivity index (χ0n) is 7.16. The van der Waals surface area contributed by atoms with Crippen LogP contribution in [0.15, 0.2) is 22.0 Å². The van der Waals surface area contributed by atoms with Crippen molar-refractivity contribution >= 4 is 43.6 Å². The summed E-state index contributed by atoms with van der Waals surface area (Å²) in [5, 5.41) is 10.1. The molecule has 0 aliphatic heterocycles. The van der Waals surface area contributed by atoms with Gasteiger partial charge in [-0.25, -0.2) is 0 Å². The molecular formula is C10H7BrO2S. The molecule has 1 heterocycles. The lowest BCUT2D eigenvalue weighted by Gasteiger charge is -1.99. The molecule has 0 spiro atoms. The van der Waals surface area contributed by atoms with Crippen LogP contribution in [0.3, 0.4) is 0 Å². The molecule has 4 heteroatoms. The molecule has 14 heavy (non-hydrogen) atoms. The molecule has 1 N–H and O–H groups in total. The fraction of sp³-hybridized carbons (Fsp3) is 0.100. The van der Waals surface area contributed by atoms with Crippen LogP contribution in [0.4, 0.5) is 0 Å². The van der Waals surface area contributed by atoms with Gasteiger partial charge in [0.1, 0.15) is 6.29 Å². The number of halogens is 1. The molecule has 0 radical (unpaired) electrons. The first-order valence-corrected chi connectivity index (χ1v) is 5.63. The summed E-state index contributed by atoms with van der Waals surface area (Å²) in [5.41, 5.74) is 1.41. The van der Waals surface area contributed by atoms with E-state index in [1.807, 2.05) is 12.1 Å². The van der Waals surface area contributed by atoms with Crippen LogP contribution in [0.5, 0.6) is 0 Å². The van der Waals surface area contributed by atoms with E-state index in [4.69, 9.17) is 5.11 Å². The first kappa shape index (κ1) is 9.83. The van der Waals surface area contributed by atoms with Gasteiger partial charge in [-0.3, -0.25) is 4.79 Å². The van der Waals surface area contributed by atoms with Crippen molar-refractivity contribution in [1.29, 1.82) is 0 Å². The van der Waals surface area contributed by atoms with E-state index in [1.54, 1.807) is 17.4 Å². The van der Waals surface area contributed by atoms with Gasteiger partial charge in [0.15, 0.2) is 0 Å². The van der Waals surface area contributed by atoms with Gasteiger partial charge in [0, 0.05) is 10.3 Å². The number of hydrogen-bond acceptors (Lipinski definition) is 3. The standard InChI is InChI=1S/C10H7BrO2S/c11-9-3-7-1-6(4-12)2-8(5-13)10(7)14-9/h1-4,13H,5H2. The highest BCUT2D eigenvalue weighted by atomic mass is 79.9. The van der Waals surface area contributed by atoms with Crippen LogP contribution in [0.2, 0.25) is 0 Å². The second-order valence-corrected chi connectivity index (χ2v) is 5.36. The summed E-state index contributed by atoms with van der Waals surface area (Å²) in [6.07, 6.45) is 0.796. The van der Waals surface area contributed by atoms with Gasteiger partial charge in [0.2, 0.25) is 0 Å². The van der Waals surface area contributed by atoms with E-state index in [2.05, 4.69) is 15.9 Å². The number of aliphatic hydroxyl groups excluding tert-OH is 1. The summed E-state index contributed by atoms with van der Waals surface area (Å²) in [4.78, 5) is 10.6. The van der Waals surface area contributed by atoms with Crippen LogP contribution in [0.25, 0.3) is 10.1 Å². The van der Waals surface area contributed by atoms with Crippen molar-refractivity contribution in [3.63, 3.8) is 0 Å². The number of hydrogen-bond donors (Lipinski definition) is 1. The zero-order valence-corrected chi connectivity index (χ0v) is 9.56. The molecular weight excluding hydrogens is 264 g/mol. The lowest BCUT2D eigenvalue weighted by molar-refractivity contribution is 0.112. The van der Waals surface area contributed by atoms with E-state index >= 15 is 0 Å². The van der Waals surface area contributed by atoms with Crippen LogP contribution in [0, 0.1) is 0 Å². The molecule has 2 nitrogen and oxygen atoms in total. The van der Waals surface area contributed by atoms with Crippen LogP contribution in [0.1, 0.15) is 15.9 Å². The molecule has 0 atom stereocenters. The maximum Gasteiger partial charge on any atom is 0.150 e. The number of carbonyl (C=O) groups excluding carboxylic acids is 1. The van der Waals surface area contributed by atoms with Crippen molar-refractivity contribution in [2.24, 2.45) is 0 Å². The Morgan fingerprint density at radius 1 is 1.43 bits per heavy atom. The van der Waals surface area contributed by atoms with Gasteiger partial charge in [0.05, 0.1) is 10.4 Å². The third kappa shape index (κ3) is 1.61. The second kappa shape index (κ2) is 3.81. The molecule has 0 bridgehead atoms. The lowest BCUT2D eigenvalue weighted by Crippen LogP contribution is -1.87. The predicted octanol–water partition coefficient (Wildman–Crippen LogP) is 2.97. The molecule has 2 rings (SSSR count). The van der Waals surface area contributed by atoms with Gasteiger partial charge in [-0.1, -0.05) is 0 Å². The van der Waals surface area contributed by atoms with Crippen LogP contribution in [-0.4, -0.2) is 11.4 Å². The van der Waals surface area contributed by atoms with Crippen molar-refractivity contribution in [1.82, 2.24) is 0 Å². The minimum absolute atomic E-state index is 0.0366. The Labute approximate surface area is 93.3 Å². The van der Waals surface area contributed by atoms with E-state index in [9.17, 15) is 4.79 Å². The van der Waals surface area contributed by atoms with Crippen molar-refractivity contribution in [2.75, 3.05) is 0 Å². The Bertz CT molecular complexity index is 490. The summed E-state index contributed by atoms with van der Waals surface area (Å²) in [5.74, 6) is 0. The molecule has 0 aliphatic rings. The predicted molar refractivity (Wildman–Crippen MR) is 60.8 cm³/mol. The Morgan fingerprint density at radius 2 is 2.21 bits per heavy atom. The maximum atomic E-state index is 10.6. The minimum atomic E-state index is -0.0366. The van der Waals surface area contributed by atoms with Crippen LogP contribution in [-0.2, 0) is 6.61 Å². The van der Waals surface area contributed by atoms with Crippen molar-refractivity contribution in [3.8, 4) is 0 Å². The fourth-order valence-corrected chi connectivity index (χ4v) is 3.01. The molecule has 0 unspecified atom stereocenters. The Hall–Kier alpha value is -0.710. The summed E-state index contributed by atoms with van der Waals surface area (Å²) in [7, 11) is 0. The largest absolute Gasteiger partial charge is 0.392 e. The van der Waals surface area contributed by atoms with Gasteiger partial charge in [-0.15, -0.1) is 11.3 Å². The molecule has 0 saturated carbocycles. The SMILES string of the molecule is O=Cc1cc(CO)c2sc(Br)cc2c1. The summed E-state index contributed by atoms with van der Waals surface area (Å²) in [6, 6.07) is 5.49. The normalized spacial score (nSPS) is 10.7. The quantitative estimate of drug-likeness (QED) is 0.852. The number of rotatable bonds is 2. The fourth-order valence-electron chi connectivity index (χ4n) is 1.41. The van der Waals surface area contributed by atoms with Gasteiger partial charge in [-0.05, 0) is 45.1 Å². The molecule has 0 fully saturated rings. The van der Waals surface area contributed by atoms with Crippen molar-refractivity contribution in [2.45, 2.75) is 6.61 Å². The summed E-state index contributed by atoms with van der Waals surface area (Å²) < 4.78 is 2.04. The summed E-state index contributed by atoms with van der Waals surface area (Å²) >= 11 is 4.95. The zero-order chi connectivity index (χ0) is 10.1. The number of aldehydes is 1. The van der Waals surface area contributed by atoms with Crippen molar-refractivity contribution in [3.05, 3.63) is 33.1 Å². The third-order valence-electron chi connectivity index (χ3n) is 1.99. The topological polar surface area (TPSA) is 37.3 Å². The average Bonchev–Trinajstić information content (AvgIpc) is 2.56. The Kier molecular flexibility index (Phi) is 2.67. The highest BCUT2D eigenvalue weighted by molar-refractivity contribution is 9.11. The highest BCUT2D eigenvalue weighted by Crippen LogP contribution is 2.33. The first-order valence-electron chi connectivity index (χ1n) is 4.02. The van der Waals surface area contributed by atoms with E-state index in [-0.39, 0.29) is 6.61 Å². The monoisotopic (exact) mass is 270 g/mol. The number of fused-ring (bicyclic) bond motifs is 1. The number of benzene rings is 1. The summed E-state index contributed by atoms with van der Waals surface area (Å²) in [6.45, 7) is -0.0366. The Balaban J connectivity index is 2.78. The second-order valence-electron chi connectivity index (χ2n) is 2.92. The van der Waals surface area contributed by atoms with Crippen LogP contribution < -0.4 is 0 Å². The third-order valence-corrected chi connectivity index (χ3v) is 3.72. The average molecular weight is 271 g/mol. The smallest absolute Gasteiger partial charge is 0.150 e. The molecule has 2 aromatic rings. The van der Waals surface area contributed by atoms with E-state index < -0.39 is 0 Å². The van der Waals surface area contributed by atoms with Gasteiger partial charge >= 0.3 is 0 Å². The van der Waals surface area contributed by atoms with Crippen molar-refractivity contribution < 1.29 is 9.90 Å². The van der Waals surface area contributed by atoms with E-state index in [0.717, 1.165) is 25.7 Å². The molecule has 1 aromatic carbocycles. The van der Waals surface area contributed by atoms with E-state index in [0.29, 0.717) is 5.56 Å². The molecule has 1 aromatic heterocycles. The molecule has 0 saturated heterocycles. The molecule has 72 valence electrons. The number of aliphatic hydroxyl groups is 1. The first-order chi connectivity index (χ1) is 6.74. The lowest BCUT2D eigenvalue weighted by atomic mass is 10.1.